The number of Topliss-reactive ketones (excluding diaryl/α,β-unsaturated/α-hetero) is 1. The van der Waals surface area contributed by atoms with Crippen LogP contribution in [0.1, 0.15) is 102 Å². The van der Waals surface area contributed by atoms with E-state index in [2.05, 4.69) is 37.2 Å². The van der Waals surface area contributed by atoms with E-state index >= 15 is 0 Å². The van der Waals surface area contributed by atoms with Gasteiger partial charge < -0.3 is 48.1 Å². The monoisotopic (exact) mass is 798 g/mol. The average molecular weight is 799 g/mol. The van der Waals surface area contributed by atoms with Crippen molar-refractivity contribution in [3.05, 3.63) is 35.9 Å². The fourth-order valence-corrected chi connectivity index (χ4v) is 6.73. The maximum Gasteiger partial charge on any atom is 0.305 e. The topological polar surface area (TPSA) is 301 Å². The third-order valence-electron chi connectivity index (χ3n) is 9.75. The zero-order valence-electron chi connectivity index (χ0n) is 32.1. The lowest BCUT2D eigenvalue weighted by atomic mass is 9.83. The zero-order chi connectivity index (χ0) is 41.9. The molecule has 0 aromatic heterocycles. The highest BCUT2D eigenvalue weighted by Gasteiger charge is 2.37. The first kappa shape index (κ1) is 45.5. The summed E-state index contributed by atoms with van der Waals surface area (Å²) in [5.74, 6) is -9.32. The molecule has 8 amide bonds. The molecule has 1 saturated carbocycles. The third-order valence-corrected chi connectivity index (χ3v) is 9.75. The van der Waals surface area contributed by atoms with Crippen LogP contribution in [0.5, 0.6) is 0 Å². The lowest BCUT2D eigenvalue weighted by Crippen LogP contribution is -2.60. The van der Waals surface area contributed by atoms with Crippen LogP contribution in [0.2, 0.25) is 0 Å². The number of rotatable bonds is 14. The Bertz CT molecular complexity index is 1630. The average Bonchev–Trinajstić information content (AvgIpc) is 3.18. The van der Waals surface area contributed by atoms with E-state index in [1.165, 1.54) is 0 Å². The molecule has 2 fully saturated rings. The number of nitrogens with two attached hydrogens (primary N) is 1. The van der Waals surface area contributed by atoms with Gasteiger partial charge in [0.1, 0.15) is 24.2 Å². The fourth-order valence-electron chi connectivity index (χ4n) is 6.73. The van der Waals surface area contributed by atoms with E-state index in [1.54, 1.807) is 37.3 Å². The summed E-state index contributed by atoms with van der Waals surface area (Å²) >= 11 is 0. The third kappa shape index (κ3) is 15.3. The highest BCUT2D eigenvalue weighted by Crippen LogP contribution is 2.27. The Morgan fingerprint density at radius 2 is 1.49 bits per heavy atom. The minimum absolute atomic E-state index is 0.0199. The summed E-state index contributed by atoms with van der Waals surface area (Å²) in [6.45, 7) is 1.20. The normalized spacial score (nSPS) is 21.5. The smallest absolute Gasteiger partial charge is 0.305 e. The number of carboxylic acids is 1. The predicted octanol–water partition coefficient (Wildman–Crippen LogP) is -1.11. The first-order valence-corrected chi connectivity index (χ1v) is 19.3. The Hall–Kier alpha value is -5.88. The highest BCUT2D eigenvalue weighted by atomic mass is 16.4. The number of amides is 8. The first-order valence-electron chi connectivity index (χ1n) is 19.3. The summed E-state index contributed by atoms with van der Waals surface area (Å²) in [6.07, 6.45) is 3.26. The molecule has 1 aliphatic carbocycles. The molecule has 312 valence electrons. The van der Waals surface area contributed by atoms with Gasteiger partial charge in [0.05, 0.1) is 19.0 Å². The van der Waals surface area contributed by atoms with Crippen molar-refractivity contribution in [2.24, 2.45) is 11.7 Å². The first-order chi connectivity index (χ1) is 27.2. The van der Waals surface area contributed by atoms with Crippen LogP contribution in [0.15, 0.2) is 30.3 Å². The quantitative estimate of drug-likeness (QED) is 0.102. The second kappa shape index (κ2) is 23.2. The van der Waals surface area contributed by atoms with Gasteiger partial charge in [-0.3, -0.25) is 47.9 Å². The molecule has 1 unspecified atom stereocenters. The van der Waals surface area contributed by atoms with E-state index < -0.39 is 102 Å². The highest BCUT2D eigenvalue weighted by molar-refractivity contribution is 6.38. The Kier molecular flexibility index (Phi) is 18.6. The number of carbonyl (C=O) groups is 10. The zero-order valence-corrected chi connectivity index (χ0v) is 32.1. The second-order valence-corrected chi connectivity index (χ2v) is 14.2. The van der Waals surface area contributed by atoms with E-state index in [0.717, 1.165) is 19.3 Å². The van der Waals surface area contributed by atoms with Crippen LogP contribution < -0.4 is 43.0 Å². The van der Waals surface area contributed by atoms with Crippen molar-refractivity contribution in [1.82, 2.24) is 37.2 Å². The summed E-state index contributed by atoms with van der Waals surface area (Å²) in [6, 6.07) is 1.57. The number of aliphatic carboxylic acids is 1. The lowest BCUT2D eigenvalue weighted by Gasteiger charge is -2.32. The number of carbonyl (C=O) groups excluding carboxylic acids is 9. The van der Waals surface area contributed by atoms with Crippen molar-refractivity contribution in [3.8, 4) is 0 Å². The molecule has 1 heterocycles. The maximum atomic E-state index is 14.0. The van der Waals surface area contributed by atoms with Gasteiger partial charge >= 0.3 is 5.97 Å². The molecule has 19 heteroatoms. The number of hydrogen-bond acceptors (Lipinski definition) is 10. The predicted molar refractivity (Wildman–Crippen MR) is 202 cm³/mol. The van der Waals surface area contributed by atoms with Crippen LogP contribution in [0.3, 0.4) is 0 Å². The van der Waals surface area contributed by atoms with Crippen LogP contribution in [-0.2, 0) is 47.9 Å². The van der Waals surface area contributed by atoms with Gasteiger partial charge in [0.2, 0.25) is 47.1 Å². The van der Waals surface area contributed by atoms with Crippen LogP contribution in [0.25, 0.3) is 0 Å². The molecular weight excluding hydrogens is 744 g/mol. The molecule has 1 saturated heterocycles. The van der Waals surface area contributed by atoms with Gasteiger partial charge in [-0.25, -0.2) is 0 Å². The molecule has 57 heavy (non-hydrogen) atoms. The van der Waals surface area contributed by atoms with Crippen LogP contribution in [0.4, 0.5) is 0 Å². The molecule has 0 spiro atoms. The van der Waals surface area contributed by atoms with Gasteiger partial charge in [-0.05, 0) is 50.0 Å². The lowest BCUT2D eigenvalue weighted by molar-refractivity contribution is -0.142. The minimum atomic E-state index is -1.56. The van der Waals surface area contributed by atoms with Crippen molar-refractivity contribution < 1.29 is 53.1 Å². The number of benzene rings is 1. The second-order valence-electron chi connectivity index (χ2n) is 14.2. The van der Waals surface area contributed by atoms with Crippen molar-refractivity contribution in [1.29, 1.82) is 0 Å². The standard InChI is InChI=1S/C38H54N8O11/c1-2-11-24(33(52)38(57)41-21-29(49)45-31(34(39)53)22-12-5-3-6-13-22)43-35(54)25-16-9-10-19-40-27(47)17-18-28(48)42-26(20-30(50)51)36(55)46-32(37(56)44-25)23-14-7-4-8-15-23/h3,5-6,12-13,23-26,31-32H,2,4,7-11,14-21H2,1H3,(H2,39,53)(H,40,47)(H,41,57)(H,42,48)(H,43,54)(H,44,56)(H,45,49)(H,46,55)(H,50,51)/t24?,25-,26+,31-,32-/m0/s1. The number of nitrogens with one attached hydrogen (secondary N) is 7. The van der Waals surface area contributed by atoms with Crippen molar-refractivity contribution in [2.75, 3.05) is 13.1 Å². The SMILES string of the molecule is CCCC(NC(=O)[C@@H]1CCCCNC(=O)CCC(=O)N[C@H](CC(=O)O)C(=O)N[C@@H](C2CCCCC2)C(=O)N1)C(=O)C(=O)NCC(=O)N[C@H](C(N)=O)c1ccccc1. The number of ketones is 1. The largest absolute Gasteiger partial charge is 0.481 e. The molecule has 3 rings (SSSR count). The molecule has 1 aliphatic heterocycles. The molecule has 5 atom stereocenters. The van der Waals surface area contributed by atoms with E-state index in [9.17, 15) is 53.1 Å². The van der Waals surface area contributed by atoms with Crippen LogP contribution in [-0.4, -0.2) is 101 Å². The summed E-state index contributed by atoms with van der Waals surface area (Å²) in [5, 5.41) is 26.9. The van der Waals surface area contributed by atoms with Crippen molar-refractivity contribution in [3.63, 3.8) is 0 Å². The van der Waals surface area contributed by atoms with Gasteiger partial charge in [0, 0.05) is 19.4 Å². The van der Waals surface area contributed by atoms with Gasteiger partial charge in [-0.15, -0.1) is 0 Å². The van der Waals surface area contributed by atoms with E-state index in [-0.39, 0.29) is 38.1 Å². The Morgan fingerprint density at radius 3 is 2.14 bits per heavy atom. The van der Waals surface area contributed by atoms with Gasteiger partial charge in [-0.1, -0.05) is 62.9 Å². The van der Waals surface area contributed by atoms with E-state index in [4.69, 9.17) is 5.73 Å². The minimum Gasteiger partial charge on any atom is -0.481 e. The maximum absolute atomic E-state index is 14.0. The summed E-state index contributed by atoms with van der Waals surface area (Å²) in [4.78, 5) is 129. The van der Waals surface area contributed by atoms with Crippen LogP contribution in [0, 0.1) is 5.92 Å². The summed E-state index contributed by atoms with van der Waals surface area (Å²) in [7, 11) is 0. The number of carboxylic acid groups (broad SMARTS) is 1. The van der Waals surface area contributed by atoms with Crippen molar-refractivity contribution in [2.45, 2.75) is 121 Å². The molecular formula is C38H54N8O11. The molecule has 0 radical (unpaired) electrons. The molecule has 1 aromatic carbocycles. The Balaban J connectivity index is 1.79. The Labute approximate surface area is 330 Å². The van der Waals surface area contributed by atoms with Gasteiger partial charge in [-0.2, -0.15) is 0 Å². The van der Waals surface area contributed by atoms with Gasteiger partial charge in [0.25, 0.3) is 5.91 Å². The summed E-state index contributed by atoms with van der Waals surface area (Å²) < 4.78 is 0. The number of hydrogen-bond donors (Lipinski definition) is 9. The summed E-state index contributed by atoms with van der Waals surface area (Å²) in [5.41, 5.74) is 5.85. The molecule has 0 bridgehead atoms. The van der Waals surface area contributed by atoms with E-state index in [1.807, 2.05) is 0 Å². The van der Waals surface area contributed by atoms with E-state index in [0.29, 0.717) is 37.7 Å². The fraction of sp³-hybridized carbons (Fsp3) is 0.579. The van der Waals surface area contributed by atoms with Gasteiger partial charge in [0.15, 0.2) is 0 Å². The molecule has 2 aliphatic rings. The number of primary amides is 1. The molecule has 10 N–H and O–H groups in total. The Morgan fingerprint density at radius 1 is 0.825 bits per heavy atom. The molecule has 19 nitrogen and oxygen atoms in total. The van der Waals surface area contributed by atoms with Crippen molar-refractivity contribution >= 4 is 59.0 Å². The molecule has 1 aromatic rings. The van der Waals surface area contributed by atoms with Crippen LogP contribution >= 0.6 is 0 Å².